The van der Waals surface area contributed by atoms with Crippen LogP contribution in [0.1, 0.15) is 57.9 Å². The third-order valence-corrected chi connectivity index (χ3v) is 5.48. The van der Waals surface area contributed by atoms with Crippen molar-refractivity contribution in [2.45, 2.75) is 65.5 Å². The molecule has 0 aromatic heterocycles. The summed E-state index contributed by atoms with van der Waals surface area (Å²) in [7, 11) is 0. The first-order valence-corrected chi connectivity index (χ1v) is 10.9. The van der Waals surface area contributed by atoms with Gasteiger partial charge in [-0.1, -0.05) is 25.3 Å². The van der Waals surface area contributed by atoms with Gasteiger partial charge in [0.25, 0.3) is 0 Å². The van der Waals surface area contributed by atoms with Gasteiger partial charge in [-0.2, -0.15) is 8.78 Å². The summed E-state index contributed by atoms with van der Waals surface area (Å²) in [5, 5.41) is 16.2. The number of nitrogens with one attached hydrogen (secondary N) is 2. The normalized spacial score (nSPS) is 15.9. The Morgan fingerprint density at radius 2 is 1.90 bits per heavy atom. The Labute approximate surface area is 201 Å². The third-order valence-electron chi connectivity index (χ3n) is 5.48. The first-order chi connectivity index (χ1) is 14.5. The fourth-order valence-electron chi connectivity index (χ4n) is 3.95. The van der Waals surface area contributed by atoms with E-state index in [1.165, 1.54) is 25.3 Å². The number of hydrogen-bond donors (Lipinski definition) is 3. The Balaban J connectivity index is 0.00000480. The van der Waals surface area contributed by atoms with Crippen LogP contribution in [0.3, 0.4) is 0 Å². The molecule has 1 aromatic rings. The quantitative estimate of drug-likeness (QED) is 0.210. The summed E-state index contributed by atoms with van der Waals surface area (Å²) in [5.41, 5.74) is 0.944. The van der Waals surface area contributed by atoms with Crippen molar-refractivity contribution < 1.29 is 23.4 Å². The Bertz CT molecular complexity index is 666. The van der Waals surface area contributed by atoms with Crippen molar-refractivity contribution in [1.29, 1.82) is 0 Å². The molecule has 1 aromatic carbocycles. The number of aliphatic imine (C=N–C) groups is 1. The molecule has 1 fully saturated rings. The molecule has 6 nitrogen and oxygen atoms in total. The van der Waals surface area contributed by atoms with Crippen LogP contribution in [0, 0.1) is 5.41 Å². The second-order valence-corrected chi connectivity index (χ2v) is 7.68. The Kier molecular flexibility index (Phi) is 13.1. The molecule has 0 amide bonds. The van der Waals surface area contributed by atoms with Crippen LogP contribution in [-0.4, -0.2) is 44.0 Å². The zero-order valence-electron chi connectivity index (χ0n) is 18.5. The molecule has 1 aliphatic carbocycles. The van der Waals surface area contributed by atoms with Crippen LogP contribution in [0.4, 0.5) is 8.78 Å². The predicted molar refractivity (Wildman–Crippen MR) is 130 cm³/mol. The number of rotatable bonds is 11. The smallest absolute Gasteiger partial charge is 0.387 e. The highest BCUT2D eigenvalue weighted by molar-refractivity contribution is 14.0. The third kappa shape index (κ3) is 9.34. The summed E-state index contributed by atoms with van der Waals surface area (Å²) in [6.45, 7) is 3.31. The number of guanidine groups is 1. The van der Waals surface area contributed by atoms with Crippen LogP contribution in [-0.2, 0) is 6.54 Å². The highest BCUT2D eigenvalue weighted by atomic mass is 127. The number of ether oxygens (including phenoxy) is 2. The van der Waals surface area contributed by atoms with Gasteiger partial charge in [-0.05, 0) is 56.2 Å². The summed E-state index contributed by atoms with van der Waals surface area (Å²) in [4.78, 5) is 4.64. The van der Waals surface area contributed by atoms with E-state index in [-0.39, 0.29) is 47.5 Å². The number of aliphatic hydroxyl groups is 1. The molecule has 3 N–H and O–H groups in total. The summed E-state index contributed by atoms with van der Waals surface area (Å²) in [6.07, 6.45) is 6.68. The number of nitrogens with zero attached hydrogens (tertiary/aromatic N) is 1. The summed E-state index contributed by atoms with van der Waals surface area (Å²) in [6, 6.07) is 4.88. The second kappa shape index (κ2) is 14.7. The molecule has 0 radical (unpaired) electrons. The van der Waals surface area contributed by atoms with Crippen molar-refractivity contribution in [3.8, 4) is 11.5 Å². The molecule has 0 heterocycles. The van der Waals surface area contributed by atoms with Gasteiger partial charge in [0.05, 0.1) is 13.2 Å². The molecule has 2 rings (SSSR count). The number of alkyl halides is 2. The molecule has 1 aliphatic rings. The summed E-state index contributed by atoms with van der Waals surface area (Å²) < 4.78 is 35.1. The van der Waals surface area contributed by atoms with Gasteiger partial charge < -0.3 is 25.2 Å². The topological polar surface area (TPSA) is 75.1 Å². The molecule has 1 saturated carbocycles. The lowest BCUT2D eigenvalue weighted by molar-refractivity contribution is -0.0514. The van der Waals surface area contributed by atoms with Crippen molar-refractivity contribution in [1.82, 2.24) is 10.6 Å². The van der Waals surface area contributed by atoms with E-state index in [9.17, 15) is 13.9 Å². The van der Waals surface area contributed by atoms with E-state index in [1.54, 1.807) is 19.1 Å². The van der Waals surface area contributed by atoms with E-state index < -0.39 is 6.61 Å². The average Bonchev–Trinajstić information content (AvgIpc) is 2.72. The zero-order chi connectivity index (χ0) is 21.8. The SMILES string of the molecule is CCNC(=NCc1ccc(OC(F)F)c(OCC)c1)NCC1(CCO)CCCCC1.I. The van der Waals surface area contributed by atoms with Crippen LogP contribution in [0.25, 0.3) is 0 Å². The van der Waals surface area contributed by atoms with E-state index in [0.717, 1.165) is 37.9 Å². The van der Waals surface area contributed by atoms with Crippen molar-refractivity contribution in [2.75, 3.05) is 26.3 Å². The molecule has 0 aliphatic heterocycles. The van der Waals surface area contributed by atoms with Crippen LogP contribution in [0.15, 0.2) is 23.2 Å². The van der Waals surface area contributed by atoms with Crippen LogP contribution >= 0.6 is 24.0 Å². The summed E-state index contributed by atoms with van der Waals surface area (Å²) >= 11 is 0. The fraction of sp³-hybridized carbons (Fsp3) is 0.682. The van der Waals surface area contributed by atoms with Crippen molar-refractivity contribution >= 4 is 29.9 Å². The summed E-state index contributed by atoms with van der Waals surface area (Å²) in [5.74, 6) is 1.01. The lowest BCUT2D eigenvalue weighted by atomic mass is 9.72. The molecular formula is C22H36F2IN3O3. The standard InChI is InChI=1S/C22H35F2N3O3.HI/c1-3-25-21(27-16-22(12-13-28)10-6-5-7-11-22)26-15-17-8-9-18(30-20(23)24)19(14-17)29-4-2;/h8-9,14,20,28H,3-7,10-13,15-16H2,1-2H3,(H2,25,26,27);1H. The average molecular weight is 555 g/mol. The number of benzene rings is 1. The molecule has 178 valence electrons. The monoisotopic (exact) mass is 555 g/mol. The zero-order valence-corrected chi connectivity index (χ0v) is 20.8. The van der Waals surface area contributed by atoms with Crippen molar-refractivity contribution in [3.05, 3.63) is 23.8 Å². The maximum atomic E-state index is 12.6. The van der Waals surface area contributed by atoms with E-state index in [0.29, 0.717) is 19.1 Å². The lowest BCUT2D eigenvalue weighted by Crippen LogP contribution is -2.44. The van der Waals surface area contributed by atoms with Crippen molar-refractivity contribution in [3.63, 3.8) is 0 Å². The van der Waals surface area contributed by atoms with Gasteiger partial charge >= 0.3 is 6.61 Å². The Morgan fingerprint density at radius 3 is 2.52 bits per heavy atom. The van der Waals surface area contributed by atoms with E-state index in [1.807, 2.05) is 6.92 Å². The van der Waals surface area contributed by atoms with E-state index in [4.69, 9.17) is 4.74 Å². The lowest BCUT2D eigenvalue weighted by Gasteiger charge is -2.37. The number of halogens is 3. The van der Waals surface area contributed by atoms with Gasteiger partial charge in [0.15, 0.2) is 17.5 Å². The highest BCUT2D eigenvalue weighted by Gasteiger charge is 2.31. The predicted octanol–water partition coefficient (Wildman–Crippen LogP) is 4.69. The first-order valence-electron chi connectivity index (χ1n) is 10.9. The number of hydrogen-bond acceptors (Lipinski definition) is 4. The second-order valence-electron chi connectivity index (χ2n) is 7.68. The van der Waals surface area contributed by atoms with Gasteiger partial charge in [-0.3, -0.25) is 0 Å². The minimum Gasteiger partial charge on any atom is -0.490 e. The molecule has 0 saturated heterocycles. The maximum Gasteiger partial charge on any atom is 0.387 e. The van der Waals surface area contributed by atoms with E-state index in [2.05, 4.69) is 20.4 Å². The van der Waals surface area contributed by atoms with Gasteiger partial charge in [-0.25, -0.2) is 4.99 Å². The molecule has 0 atom stereocenters. The van der Waals surface area contributed by atoms with Crippen molar-refractivity contribution in [2.24, 2.45) is 10.4 Å². The first kappa shape index (κ1) is 27.7. The minimum absolute atomic E-state index is 0. The van der Waals surface area contributed by atoms with Gasteiger partial charge in [-0.15, -0.1) is 24.0 Å². The Morgan fingerprint density at radius 1 is 1.16 bits per heavy atom. The molecule has 0 unspecified atom stereocenters. The highest BCUT2D eigenvalue weighted by Crippen LogP contribution is 2.38. The van der Waals surface area contributed by atoms with Gasteiger partial charge in [0, 0.05) is 19.7 Å². The molecular weight excluding hydrogens is 519 g/mol. The Hall–Kier alpha value is -1.36. The maximum absolute atomic E-state index is 12.6. The fourth-order valence-corrected chi connectivity index (χ4v) is 3.95. The molecule has 9 heteroatoms. The largest absolute Gasteiger partial charge is 0.490 e. The number of aliphatic hydroxyl groups excluding tert-OH is 1. The van der Waals surface area contributed by atoms with Crippen LogP contribution in [0.2, 0.25) is 0 Å². The molecule has 0 bridgehead atoms. The van der Waals surface area contributed by atoms with Gasteiger partial charge in [0.1, 0.15) is 0 Å². The van der Waals surface area contributed by atoms with Crippen LogP contribution < -0.4 is 20.1 Å². The molecule has 0 spiro atoms. The molecule has 31 heavy (non-hydrogen) atoms. The minimum atomic E-state index is -2.90. The van der Waals surface area contributed by atoms with Gasteiger partial charge in [0.2, 0.25) is 0 Å². The van der Waals surface area contributed by atoms with Crippen LogP contribution in [0.5, 0.6) is 11.5 Å². The van der Waals surface area contributed by atoms with E-state index >= 15 is 0 Å².